The lowest BCUT2D eigenvalue weighted by molar-refractivity contribution is -0.137. The van der Waals surface area contributed by atoms with Crippen LogP contribution in [0.2, 0.25) is 5.02 Å². The molecular weight excluding hydrogens is 431 g/mol. The van der Waals surface area contributed by atoms with Crippen molar-refractivity contribution in [1.82, 2.24) is 4.98 Å². The number of carbonyl (C=O) groups is 1. The number of hydrogen-bond donors (Lipinski definition) is 2. The van der Waals surface area contributed by atoms with Crippen LogP contribution < -0.4 is 20.1 Å². The standard InChI is InChI=1S/C18H11ClF3N3O3S/c19-11-3-1-9(18(20,21)22)5-12(11)24-16(26)13-7-29-17(25-13)23-10-2-4-14-15(6-10)28-8-27-14/h1-7H,8H2,(H,23,25)(H,24,26). The van der Waals surface area contributed by atoms with E-state index in [1.54, 1.807) is 18.2 Å². The summed E-state index contributed by atoms with van der Waals surface area (Å²) in [6.07, 6.45) is -4.55. The van der Waals surface area contributed by atoms with E-state index in [-0.39, 0.29) is 23.2 Å². The fourth-order valence-corrected chi connectivity index (χ4v) is 3.39. The molecule has 3 aromatic rings. The zero-order valence-electron chi connectivity index (χ0n) is 14.3. The summed E-state index contributed by atoms with van der Waals surface area (Å²) in [5, 5.41) is 7.27. The summed E-state index contributed by atoms with van der Waals surface area (Å²) >= 11 is 7.06. The van der Waals surface area contributed by atoms with Crippen molar-refractivity contribution in [2.45, 2.75) is 6.18 Å². The number of thiazole rings is 1. The first-order valence-corrected chi connectivity index (χ1v) is 9.36. The molecule has 0 aliphatic carbocycles. The average molecular weight is 442 g/mol. The van der Waals surface area contributed by atoms with Gasteiger partial charge in [0.1, 0.15) is 5.69 Å². The number of alkyl halides is 3. The van der Waals surface area contributed by atoms with Crippen LogP contribution in [0.15, 0.2) is 41.8 Å². The highest BCUT2D eigenvalue weighted by atomic mass is 35.5. The van der Waals surface area contributed by atoms with Crippen molar-refractivity contribution in [3.8, 4) is 11.5 Å². The highest BCUT2D eigenvalue weighted by Gasteiger charge is 2.31. The molecule has 1 amide bonds. The maximum Gasteiger partial charge on any atom is 0.416 e. The number of nitrogens with zero attached hydrogens (tertiary/aromatic N) is 1. The highest BCUT2D eigenvalue weighted by molar-refractivity contribution is 7.14. The van der Waals surface area contributed by atoms with E-state index in [0.717, 1.165) is 29.5 Å². The van der Waals surface area contributed by atoms with Crippen molar-refractivity contribution in [2.75, 3.05) is 17.4 Å². The number of aromatic nitrogens is 1. The van der Waals surface area contributed by atoms with Gasteiger partial charge in [0.15, 0.2) is 16.6 Å². The molecule has 0 atom stereocenters. The molecule has 2 N–H and O–H groups in total. The number of anilines is 3. The fourth-order valence-electron chi connectivity index (χ4n) is 2.52. The van der Waals surface area contributed by atoms with Crippen LogP contribution in [-0.4, -0.2) is 17.7 Å². The molecule has 29 heavy (non-hydrogen) atoms. The Morgan fingerprint density at radius 1 is 1.14 bits per heavy atom. The molecule has 2 aromatic carbocycles. The Labute approximate surface area is 171 Å². The Balaban J connectivity index is 1.48. The average Bonchev–Trinajstić information content (AvgIpc) is 3.31. The lowest BCUT2D eigenvalue weighted by Crippen LogP contribution is -2.14. The van der Waals surface area contributed by atoms with Crippen LogP contribution in [0.5, 0.6) is 11.5 Å². The maximum atomic E-state index is 12.9. The molecule has 6 nitrogen and oxygen atoms in total. The molecule has 11 heteroatoms. The van der Waals surface area contributed by atoms with Crippen molar-refractivity contribution in [1.29, 1.82) is 0 Å². The SMILES string of the molecule is O=C(Nc1cc(C(F)(F)F)ccc1Cl)c1csc(Nc2ccc3c(c2)OCO3)n1. The minimum atomic E-state index is -4.55. The molecule has 0 bridgehead atoms. The lowest BCUT2D eigenvalue weighted by Gasteiger charge is -2.11. The number of fused-ring (bicyclic) bond motifs is 1. The largest absolute Gasteiger partial charge is 0.454 e. The zero-order valence-corrected chi connectivity index (χ0v) is 15.9. The minimum Gasteiger partial charge on any atom is -0.454 e. The molecule has 1 aliphatic heterocycles. The second kappa shape index (κ2) is 7.45. The Hall–Kier alpha value is -2.98. The predicted molar refractivity (Wildman–Crippen MR) is 102 cm³/mol. The molecule has 2 heterocycles. The van der Waals surface area contributed by atoms with E-state index in [1.807, 2.05) is 0 Å². The van der Waals surface area contributed by atoms with Gasteiger partial charge in [0.25, 0.3) is 5.91 Å². The van der Waals surface area contributed by atoms with E-state index in [9.17, 15) is 18.0 Å². The van der Waals surface area contributed by atoms with Gasteiger partial charge >= 0.3 is 6.18 Å². The first-order valence-electron chi connectivity index (χ1n) is 8.10. The van der Waals surface area contributed by atoms with Gasteiger partial charge in [-0.15, -0.1) is 11.3 Å². The molecular formula is C18H11ClF3N3O3S. The van der Waals surface area contributed by atoms with Gasteiger partial charge in [-0.1, -0.05) is 11.6 Å². The molecule has 0 saturated carbocycles. The van der Waals surface area contributed by atoms with Gasteiger partial charge in [0, 0.05) is 17.1 Å². The Kier molecular flexibility index (Phi) is 4.97. The van der Waals surface area contributed by atoms with Crippen molar-refractivity contribution in [3.63, 3.8) is 0 Å². The number of nitrogens with one attached hydrogen (secondary N) is 2. The fraction of sp³-hybridized carbons (Fsp3) is 0.111. The molecule has 4 rings (SSSR count). The quantitative estimate of drug-likeness (QED) is 0.556. The van der Waals surface area contributed by atoms with Crippen LogP contribution >= 0.6 is 22.9 Å². The lowest BCUT2D eigenvalue weighted by atomic mass is 10.2. The van der Waals surface area contributed by atoms with Gasteiger partial charge in [-0.2, -0.15) is 13.2 Å². The van der Waals surface area contributed by atoms with Gasteiger partial charge < -0.3 is 20.1 Å². The molecule has 0 unspecified atom stereocenters. The Morgan fingerprint density at radius 3 is 2.72 bits per heavy atom. The number of ether oxygens (including phenoxy) is 2. The van der Waals surface area contributed by atoms with E-state index >= 15 is 0 Å². The van der Waals surface area contributed by atoms with Crippen molar-refractivity contribution in [2.24, 2.45) is 0 Å². The number of carbonyl (C=O) groups excluding carboxylic acids is 1. The smallest absolute Gasteiger partial charge is 0.416 e. The van der Waals surface area contributed by atoms with Crippen LogP contribution in [0.3, 0.4) is 0 Å². The Bertz CT molecular complexity index is 1090. The van der Waals surface area contributed by atoms with Crippen LogP contribution in [0.4, 0.5) is 29.7 Å². The molecule has 150 valence electrons. The predicted octanol–water partition coefficient (Wildman–Crippen LogP) is 5.54. The monoisotopic (exact) mass is 441 g/mol. The van der Waals surface area contributed by atoms with Gasteiger partial charge in [-0.05, 0) is 30.3 Å². The van der Waals surface area contributed by atoms with E-state index in [0.29, 0.717) is 22.3 Å². The Morgan fingerprint density at radius 2 is 1.93 bits per heavy atom. The minimum absolute atomic E-state index is 0.0136. The molecule has 0 saturated heterocycles. The summed E-state index contributed by atoms with van der Waals surface area (Å²) < 4.78 is 49.1. The summed E-state index contributed by atoms with van der Waals surface area (Å²) in [6.45, 7) is 0.151. The normalized spacial score (nSPS) is 12.7. The third-order valence-corrected chi connectivity index (χ3v) is 4.99. The summed E-state index contributed by atoms with van der Waals surface area (Å²) in [5.41, 5.74) is -0.353. The van der Waals surface area contributed by atoms with E-state index < -0.39 is 17.6 Å². The third-order valence-electron chi connectivity index (χ3n) is 3.90. The second-order valence-electron chi connectivity index (χ2n) is 5.88. The second-order valence-corrected chi connectivity index (χ2v) is 7.14. The number of amides is 1. The number of halogens is 4. The van der Waals surface area contributed by atoms with Gasteiger partial charge in [-0.3, -0.25) is 4.79 Å². The van der Waals surface area contributed by atoms with Crippen molar-refractivity contribution < 1.29 is 27.4 Å². The topological polar surface area (TPSA) is 72.5 Å². The number of rotatable bonds is 4. The zero-order chi connectivity index (χ0) is 20.6. The summed E-state index contributed by atoms with van der Waals surface area (Å²) in [5.74, 6) is 0.539. The van der Waals surface area contributed by atoms with Gasteiger partial charge in [0.05, 0.1) is 16.3 Å². The van der Waals surface area contributed by atoms with Gasteiger partial charge in [-0.25, -0.2) is 4.98 Å². The summed E-state index contributed by atoms with van der Waals surface area (Å²) in [4.78, 5) is 16.5. The van der Waals surface area contributed by atoms with E-state index in [2.05, 4.69) is 15.6 Å². The van der Waals surface area contributed by atoms with E-state index in [1.165, 1.54) is 5.38 Å². The van der Waals surface area contributed by atoms with Crippen molar-refractivity contribution >= 4 is 45.4 Å². The van der Waals surface area contributed by atoms with Crippen molar-refractivity contribution in [3.05, 3.63) is 58.1 Å². The van der Waals surface area contributed by atoms with Crippen LogP contribution in [0.25, 0.3) is 0 Å². The molecule has 1 aromatic heterocycles. The molecule has 1 aliphatic rings. The number of hydrogen-bond acceptors (Lipinski definition) is 6. The molecule has 0 radical (unpaired) electrons. The maximum absolute atomic E-state index is 12.9. The molecule has 0 fully saturated rings. The summed E-state index contributed by atoms with van der Waals surface area (Å²) in [6, 6.07) is 7.92. The third kappa shape index (κ3) is 4.22. The van der Waals surface area contributed by atoms with Crippen LogP contribution in [0.1, 0.15) is 16.1 Å². The van der Waals surface area contributed by atoms with Crippen LogP contribution in [0, 0.1) is 0 Å². The highest BCUT2D eigenvalue weighted by Crippen LogP contribution is 2.36. The van der Waals surface area contributed by atoms with E-state index in [4.69, 9.17) is 21.1 Å². The first-order chi connectivity index (χ1) is 13.8. The van der Waals surface area contributed by atoms with Gasteiger partial charge in [0.2, 0.25) is 6.79 Å². The van der Waals surface area contributed by atoms with Crippen LogP contribution in [-0.2, 0) is 6.18 Å². The summed E-state index contributed by atoms with van der Waals surface area (Å²) in [7, 11) is 0. The first kappa shape index (κ1) is 19.3. The number of benzene rings is 2. The molecule has 0 spiro atoms.